The Morgan fingerprint density at radius 3 is 2.29 bits per heavy atom. The van der Waals surface area contributed by atoms with Gasteiger partial charge < -0.3 is 29.9 Å². The smallest absolute Gasteiger partial charge is 0.331 e. The Balaban J connectivity index is 2.84. The molecule has 294 valence electrons. The zero-order chi connectivity index (χ0) is 39.4. The first-order valence-corrected chi connectivity index (χ1v) is 19.2. The van der Waals surface area contributed by atoms with Gasteiger partial charge in [0.15, 0.2) is 0 Å². The molecule has 0 spiro atoms. The van der Waals surface area contributed by atoms with E-state index in [1.807, 2.05) is 71.1 Å². The van der Waals surface area contributed by atoms with Crippen LogP contribution in [-0.4, -0.2) is 69.0 Å². The Morgan fingerprint density at radius 2 is 1.63 bits per heavy atom. The maximum Gasteiger partial charge on any atom is 0.331 e. The van der Waals surface area contributed by atoms with Crippen LogP contribution in [0.25, 0.3) is 0 Å². The highest BCUT2D eigenvalue weighted by molar-refractivity contribution is 5.82. The fraction of sp³-hybridized carbons (Fsp3) is 0.636. The Labute approximate surface area is 314 Å². The summed E-state index contributed by atoms with van der Waals surface area (Å²) in [7, 11) is 0. The summed E-state index contributed by atoms with van der Waals surface area (Å²) in [5.74, 6) is -0.590. The van der Waals surface area contributed by atoms with Crippen molar-refractivity contribution in [3.63, 3.8) is 0 Å². The third-order valence-electron chi connectivity index (χ3n) is 9.39. The minimum absolute atomic E-state index is 0.0762. The molecule has 4 N–H and O–H groups in total. The van der Waals surface area contributed by atoms with Gasteiger partial charge in [-0.1, -0.05) is 97.2 Å². The van der Waals surface area contributed by atoms with Crippen LogP contribution in [-0.2, 0) is 19.1 Å². The van der Waals surface area contributed by atoms with Crippen molar-refractivity contribution in [1.82, 2.24) is 0 Å². The number of carbonyl (C=O) groups is 2. The summed E-state index contributed by atoms with van der Waals surface area (Å²) >= 11 is 0. The van der Waals surface area contributed by atoms with Gasteiger partial charge in [0.1, 0.15) is 12.2 Å². The first kappa shape index (κ1) is 47.0. The van der Waals surface area contributed by atoms with Crippen LogP contribution in [0.15, 0.2) is 82.5 Å². The summed E-state index contributed by atoms with van der Waals surface area (Å²) in [5, 5.41) is 39.3. The molecule has 0 aromatic rings. The van der Waals surface area contributed by atoms with Crippen LogP contribution in [0.1, 0.15) is 127 Å². The van der Waals surface area contributed by atoms with Crippen LogP contribution < -0.4 is 0 Å². The van der Waals surface area contributed by atoms with E-state index in [0.29, 0.717) is 38.5 Å². The second-order valence-corrected chi connectivity index (χ2v) is 15.5. The molecule has 52 heavy (non-hydrogen) atoms. The van der Waals surface area contributed by atoms with Crippen LogP contribution in [0.4, 0.5) is 0 Å². The van der Waals surface area contributed by atoms with E-state index in [1.165, 1.54) is 6.08 Å². The minimum Gasteiger partial charge on any atom is -0.462 e. The van der Waals surface area contributed by atoms with Crippen molar-refractivity contribution < 1.29 is 39.5 Å². The van der Waals surface area contributed by atoms with E-state index in [1.54, 1.807) is 19.9 Å². The van der Waals surface area contributed by atoms with Crippen molar-refractivity contribution in [2.45, 2.75) is 164 Å². The Bertz CT molecular complexity index is 1310. The summed E-state index contributed by atoms with van der Waals surface area (Å²) in [6.45, 7) is 19.5. The topological polar surface area (TPSA) is 134 Å². The van der Waals surface area contributed by atoms with E-state index in [2.05, 4.69) is 26.8 Å². The molecule has 0 amide bonds. The number of cyclic esters (lactones) is 1. The standard InChI is InChI=1S/C44H70O8/c1-29(17-20-39(47)27-37(9)45)13-11-14-30(2)23-31(3)19-22-44(50)51-41-15-12-16-43(49)52-42(21-18-32(4)24-35(41)7)36(8)26-33(5)25-34(6)40(48)28-38(10)46/h11,13-14,17-19,22-23,25,34-42,45-48H,12,15-16,20-21,24,26-28H2,1-10H3/b13-11+,22-19+,29-17+,30-14+,31-23+,32-18+,33-25+. The van der Waals surface area contributed by atoms with Gasteiger partial charge in [0.25, 0.3) is 0 Å². The van der Waals surface area contributed by atoms with E-state index in [9.17, 15) is 30.0 Å². The fourth-order valence-corrected chi connectivity index (χ4v) is 6.48. The van der Waals surface area contributed by atoms with Crippen molar-refractivity contribution in [1.29, 1.82) is 0 Å². The zero-order valence-corrected chi connectivity index (χ0v) is 33.7. The molecule has 0 saturated carbocycles. The molecule has 1 rings (SSSR count). The van der Waals surface area contributed by atoms with Crippen LogP contribution in [0.3, 0.4) is 0 Å². The van der Waals surface area contributed by atoms with Crippen molar-refractivity contribution in [2.24, 2.45) is 17.8 Å². The second-order valence-electron chi connectivity index (χ2n) is 15.5. The van der Waals surface area contributed by atoms with E-state index in [0.717, 1.165) is 40.7 Å². The van der Waals surface area contributed by atoms with Gasteiger partial charge in [0.2, 0.25) is 0 Å². The van der Waals surface area contributed by atoms with Gasteiger partial charge in [-0.2, -0.15) is 0 Å². The zero-order valence-electron chi connectivity index (χ0n) is 33.7. The normalized spacial score (nSPS) is 25.3. The van der Waals surface area contributed by atoms with Gasteiger partial charge in [0, 0.05) is 24.8 Å². The van der Waals surface area contributed by atoms with Gasteiger partial charge in [-0.05, 0) is 105 Å². The minimum atomic E-state index is -0.614. The average Bonchev–Trinajstić information content (AvgIpc) is 3.02. The lowest BCUT2D eigenvalue weighted by atomic mass is 9.89. The molecule has 9 atom stereocenters. The first-order valence-electron chi connectivity index (χ1n) is 19.2. The fourth-order valence-electron chi connectivity index (χ4n) is 6.48. The number of allylic oxidation sites excluding steroid dienone is 10. The lowest BCUT2D eigenvalue weighted by molar-refractivity contribution is -0.152. The molecule has 0 aromatic heterocycles. The number of aliphatic hydroxyl groups excluding tert-OH is 4. The molecular weight excluding hydrogens is 656 g/mol. The Morgan fingerprint density at radius 1 is 0.962 bits per heavy atom. The number of hydrogen-bond donors (Lipinski definition) is 4. The summed E-state index contributed by atoms with van der Waals surface area (Å²) < 4.78 is 11.9. The summed E-state index contributed by atoms with van der Waals surface area (Å²) in [5.41, 5.74) is 5.21. The molecule has 0 fully saturated rings. The van der Waals surface area contributed by atoms with Crippen molar-refractivity contribution in [2.75, 3.05) is 0 Å². The monoisotopic (exact) mass is 727 g/mol. The van der Waals surface area contributed by atoms with Gasteiger partial charge >= 0.3 is 11.9 Å². The number of hydrogen-bond acceptors (Lipinski definition) is 8. The predicted octanol–water partition coefficient (Wildman–Crippen LogP) is 8.57. The lowest BCUT2D eigenvalue weighted by Crippen LogP contribution is -2.28. The molecule has 8 nitrogen and oxygen atoms in total. The van der Waals surface area contributed by atoms with Gasteiger partial charge in [-0.3, -0.25) is 4.79 Å². The number of rotatable bonds is 17. The lowest BCUT2D eigenvalue weighted by Gasteiger charge is -2.27. The third kappa shape index (κ3) is 21.5. The molecule has 1 aliphatic heterocycles. The van der Waals surface area contributed by atoms with Gasteiger partial charge in [-0.15, -0.1) is 0 Å². The molecule has 1 heterocycles. The molecule has 0 bridgehead atoms. The van der Waals surface area contributed by atoms with E-state index in [4.69, 9.17) is 9.47 Å². The number of carbonyl (C=O) groups excluding carboxylic acids is 2. The van der Waals surface area contributed by atoms with E-state index in [-0.39, 0.29) is 42.4 Å². The largest absolute Gasteiger partial charge is 0.462 e. The summed E-state index contributed by atoms with van der Waals surface area (Å²) in [6.07, 6.45) is 19.0. The maximum atomic E-state index is 12.9. The first-order chi connectivity index (χ1) is 24.4. The molecule has 0 saturated heterocycles. The van der Waals surface area contributed by atoms with Crippen LogP contribution in [0.2, 0.25) is 0 Å². The highest BCUT2D eigenvalue weighted by Gasteiger charge is 2.26. The SMILES string of the molecule is CC(=C\C=C\C(C)=C\CC(O)CC(C)O)/C=C(C)/C=C/C(=O)OC1CCCC(=O)OC(C(C)C/C(C)=C/C(C)C(O)CC(C)O)C/C=C(\C)CC1C. The number of ether oxygens (including phenoxy) is 2. The van der Waals surface area contributed by atoms with Gasteiger partial charge in [0.05, 0.1) is 24.4 Å². The number of aliphatic hydroxyl groups is 4. The molecule has 8 heteroatoms. The highest BCUT2D eigenvalue weighted by atomic mass is 16.5. The van der Waals surface area contributed by atoms with Gasteiger partial charge in [-0.25, -0.2) is 4.79 Å². The molecule has 0 aromatic carbocycles. The van der Waals surface area contributed by atoms with Crippen molar-refractivity contribution >= 4 is 11.9 Å². The van der Waals surface area contributed by atoms with Crippen LogP contribution in [0, 0.1) is 17.8 Å². The molecule has 9 unspecified atom stereocenters. The summed E-state index contributed by atoms with van der Waals surface area (Å²) in [6, 6.07) is 0. The molecule has 0 radical (unpaired) electrons. The van der Waals surface area contributed by atoms with Crippen molar-refractivity contribution in [3.05, 3.63) is 82.5 Å². The average molecular weight is 727 g/mol. The van der Waals surface area contributed by atoms with E-state index >= 15 is 0 Å². The quantitative estimate of drug-likeness (QED) is 0.0507. The van der Waals surface area contributed by atoms with Crippen LogP contribution >= 0.6 is 0 Å². The summed E-state index contributed by atoms with van der Waals surface area (Å²) in [4.78, 5) is 25.8. The Kier molecular flexibility index (Phi) is 22.6. The highest BCUT2D eigenvalue weighted by Crippen LogP contribution is 2.27. The van der Waals surface area contributed by atoms with Crippen molar-refractivity contribution in [3.8, 4) is 0 Å². The Hall–Kier alpha value is -3.04. The molecule has 1 aliphatic rings. The van der Waals surface area contributed by atoms with E-state index < -0.39 is 30.4 Å². The second kappa shape index (κ2) is 25.1. The molecule has 0 aliphatic carbocycles. The third-order valence-corrected chi connectivity index (χ3v) is 9.39. The van der Waals surface area contributed by atoms with Crippen LogP contribution in [0.5, 0.6) is 0 Å². The maximum absolute atomic E-state index is 12.9. The molecular formula is C44H70O8. The predicted molar refractivity (Wildman–Crippen MR) is 211 cm³/mol. The number of esters is 2.